The van der Waals surface area contributed by atoms with Crippen LogP contribution in [0.3, 0.4) is 0 Å². The molecule has 5 nitrogen and oxygen atoms in total. The molecule has 1 aliphatic rings. The third-order valence-electron chi connectivity index (χ3n) is 3.71. The van der Waals surface area contributed by atoms with Crippen molar-refractivity contribution in [3.05, 3.63) is 46.0 Å². The zero-order valence-corrected chi connectivity index (χ0v) is 13.9. The number of rotatable bonds is 3. The lowest BCUT2D eigenvalue weighted by Crippen LogP contribution is -2.26. The van der Waals surface area contributed by atoms with Crippen molar-refractivity contribution in [2.75, 3.05) is 6.26 Å². The van der Waals surface area contributed by atoms with Crippen molar-refractivity contribution >= 4 is 27.1 Å². The number of aromatic nitrogens is 1. The monoisotopic (exact) mass is 336 g/mol. The summed E-state index contributed by atoms with van der Waals surface area (Å²) < 4.78 is 22.8. The van der Waals surface area contributed by atoms with Crippen LogP contribution in [0.5, 0.6) is 0 Å². The van der Waals surface area contributed by atoms with Gasteiger partial charge in [-0.15, -0.1) is 0 Å². The topological polar surface area (TPSA) is 76.1 Å². The highest BCUT2D eigenvalue weighted by atomic mass is 32.2. The maximum atomic E-state index is 12.3. The Morgan fingerprint density at radius 1 is 1.41 bits per heavy atom. The molecule has 1 N–H and O–H groups in total. The number of nitrogens with one attached hydrogen (secondary N) is 1. The van der Waals surface area contributed by atoms with Gasteiger partial charge in [-0.1, -0.05) is 35.1 Å². The molecule has 0 fully saturated rings. The molecule has 7 heteroatoms. The lowest BCUT2D eigenvalue weighted by molar-refractivity contribution is 0.0940. The number of hydrogen-bond acceptors (Lipinski definition) is 5. The van der Waals surface area contributed by atoms with E-state index in [1.165, 1.54) is 17.3 Å². The Bertz CT molecular complexity index is 840. The lowest BCUT2D eigenvalue weighted by atomic mass is 10.1. The Morgan fingerprint density at radius 3 is 2.86 bits per heavy atom. The molecule has 2 aromatic rings. The van der Waals surface area contributed by atoms with Crippen LogP contribution in [0.1, 0.15) is 38.8 Å². The van der Waals surface area contributed by atoms with Gasteiger partial charge in [-0.2, -0.15) is 0 Å². The summed E-state index contributed by atoms with van der Waals surface area (Å²) in [6.07, 6.45) is 4.21. The largest absolute Gasteiger partial charge is 0.344 e. The van der Waals surface area contributed by atoms with Crippen molar-refractivity contribution < 1.29 is 13.2 Å². The Morgan fingerprint density at radius 2 is 2.18 bits per heavy atom. The van der Waals surface area contributed by atoms with Crippen LogP contribution in [-0.2, 0) is 16.3 Å². The Balaban J connectivity index is 1.78. The molecule has 0 saturated heterocycles. The minimum Gasteiger partial charge on any atom is -0.344 e. The summed E-state index contributed by atoms with van der Waals surface area (Å²) in [4.78, 5) is 16.4. The van der Waals surface area contributed by atoms with Crippen molar-refractivity contribution in [2.24, 2.45) is 0 Å². The molecule has 0 saturated carbocycles. The van der Waals surface area contributed by atoms with Crippen molar-refractivity contribution in [3.63, 3.8) is 0 Å². The second-order valence-electron chi connectivity index (χ2n) is 5.53. The normalized spacial score (nSPS) is 17.3. The number of benzene rings is 1. The van der Waals surface area contributed by atoms with Gasteiger partial charge >= 0.3 is 0 Å². The molecule has 1 heterocycles. The van der Waals surface area contributed by atoms with Gasteiger partial charge in [0.1, 0.15) is 4.88 Å². The number of sulfone groups is 1. The number of fused-ring (bicyclic) bond motifs is 1. The van der Waals surface area contributed by atoms with Crippen LogP contribution < -0.4 is 5.32 Å². The summed E-state index contributed by atoms with van der Waals surface area (Å²) in [5.41, 5.74) is 3.63. The van der Waals surface area contributed by atoms with Gasteiger partial charge in [0, 0.05) is 6.26 Å². The van der Waals surface area contributed by atoms with E-state index in [9.17, 15) is 13.2 Å². The summed E-state index contributed by atoms with van der Waals surface area (Å²) >= 11 is 0.904. The number of aryl methyl sites for hydroxylation is 2. The molecular formula is C15H16N2O3S2. The summed E-state index contributed by atoms with van der Waals surface area (Å²) in [6, 6.07) is 6.22. The third-order valence-corrected chi connectivity index (χ3v) is 6.40. The van der Waals surface area contributed by atoms with Crippen LogP contribution in [0, 0.1) is 6.92 Å². The van der Waals surface area contributed by atoms with Crippen LogP contribution in [0.4, 0.5) is 0 Å². The van der Waals surface area contributed by atoms with Gasteiger partial charge in [0.05, 0.1) is 12.2 Å². The molecule has 1 aromatic heterocycles. The van der Waals surface area contributed by atoms with E-state index in [1.54, 1.807) is 0 Å². The predicted octanol–water partition coefficient (Wildman–Crippen LogP) is 2.27. The molecule has 1 amide bonds. The van der Waals surface area contributed by atoms with E-state index in [0.717, 1.165) is 36.0 Å². The van der Waals surface area contributed by atoms with E-state index in [1.807, 2.05) is 6.07 Å². The fourth-order valence-corrected chi connectivity index (χ4v) is 4.33. The van der Waals surface area contributed by atoms with Gasteiger partial charge in [-0.25, -0.2) is 13.4 Å². The van der Waals surface area contributed by atoms with Crippen LogP contribution >= 0.6 is 11.3 Å². The number of hydrogen-bond donors (Lipinski definition) is 1. The number of carbonyl (C=O) groups excluding carboxylic acids is 1. The van der Waals surface area contributed by atoms with Crippen molar-refractivity contribution in [1.29, 1.82) is 0 Å². The minimum absolute atomic E-state index is 0.0214. The first-order valence-electron chi connectivity index (χ1n) is 6.91. The molecule has 0 unspecified atom stereocenters. The highest BCUT2D eigenvalue weighted by Gasteiger charge is 2.25. The van der Waals surface area contributed by atoms with Gasteiger partial charge in [-0.05, 0) is 30.9 Å². The number of carbonyl (C=O) groups is 1. The molecule has 0 spiro atoms. The van der Waals surface area contributed by atoms with Crippen LogP contribution in [0.25, 0.3) is 0 Å². The first-order chi connectivity index (χ1) is 10.3. The van der Waals surface area contributed by atoms with E-state index in [2.05, 4.69) is 29.4 Å². The zero-order chi connectivity index (χ0) is 15.9. The summed E-state index contributed by atoms with van der Waals surface area (Å²) in [5.74, 6) is -0.272. The smallest absolute Gasteiger partial charge is 0.263 e. The summed E-state index contributed by atoms with van der Waals surface area (Å²) in [7, 11) is -3.37. The molecule has 1 aromatic carbocycles. The predicted molar refractivity (Wildman–Crippen MR) is 84.9 cm³/mol. The molecule has 1 atom stereocenters. The van der Waals surface area contributed by atoms with Gasteiger partial charge in [0.25, 0.3) is 5.91 Å². The molecular weight excluding hydrogens is 320 g/mol. The Labute approximate surface area is 133 Å². The maximum Gasteiger partial charge on any atom is 0.263 e. The molecule has 22 heavy (non-hydrogen) atoms. The second kappa shape index (κ2) is 5.48. The molecule has 0 radical (unpaired) electrons. The van der Waals surface area contributed by atoms with E-state index < -0.39 is 9.84 Å². The van der Waals surface area contributed by atoms with E-state index in [4.69, 9.17) is 0 Å². The Kier molecular flexibility index (Phi) is 3.78. The highest BCUT2D eigenvalue weighted by molar-refractivity contribution is 7.92. The number of nitrogens with zero attached hydrogens (tertiary/aromatic N) is 1. The van der Waals surface area contributed by atoms with Gasteiger partial charge in [0.2, 0.25) is 14.2 Å². The second-order valence-corrected chi connectivity index (χ2v) is 8.75. The first kappa shape index (κ1) is 15.2. The summed E-state index contributed by atoms with van der Waals surface area (Å²) in [5, 5.41) is 2.97. The quantitative estimate of drug-likeness (QED) is 0.933. The van der Waals surface area contributed by atoms with Crippen LogP contribution in [0.15, 0.2) is 28.7 Å². The SMILES string of the molecule is Cc1ccc2c(c1)CC[C@H]2NC(=O)c1cnc(S(C)(=O)=O)s1. The van der Waals surface area contributed by atoms with Crippen LogP contribution in [-0.4, -0.2) is 25.6 Å². The standard InChI is InChI=1S/C15H16N2O3S2/c1-9-3-5-11-10(7-9)4-6-12(11)17-14(18)13-8-16-15(21-13)22(2,19)20/h3,5,7-8,12H,4,6H2,1-2H3,(H,17,18)/t12-/m1/s1. The summed E-state index contributed by atoms with van der Waals surface area (Å²) in [6.45, 7) is 2.05. The van der Waals surface area contributed by atoms with Crippen molar-refractivity contribution in [3.8, 4) is 0 Å². The lowest BCUT2D eigenvalue weighted by Gasteiger charge is -2.13. The molecule has 3 rings (SSSR count). The number of amides is 1. The minimum atomic E-state index is -3.37. The fourth-order valence-electron chi connectivity index (χ4n) is 2.66. The third kappa shape index (κ3) is 2.91. The molecule has 116 valence electrons. The zero-order valence-electron chi connectivity index (χ0n) is 12.3. The van der Waals surface area contributed by atoms with Crippen molar-refractivity contribution in [2.45, 2.75) is 30.1 Å². The average molecular weight is 336 g/mol. The van der Waals surface area contributed by atoms with Gasteiger partial charge in [0.15, 0.2) is 0 Å². The molecule has 0 bridgehead atoms. The van der Waals surface area contributed by atoms with E-state index >= 15 is 0 Å². The fraction of sp³-hybridized carbons (Fsp3) is 0.333. The molecule has 1 aliphatic carbocycles. The van der Waals surface area contributed by atoms with Crippen molar-refractivity contribution in [1.82, 2.24) is 10.3 Å². The maximum absolute atomic E-state index is 12.3. The Hall–Kier alpha value is -1.73. The van der Waals surface area contributed by atoms with Gasteiger partial charge < -0.3 is 5.32 Å². The highest BCUT2D eigenvalue weighted by Crippen LogP contribution is 2.32. The first-order valence-corrected chi connectivity index (χ1v) is 9.61. The van der Waals surface area contributed by atoms with Crippen LogP contribution in [0.2, 0.25) is 0 Å². The van der Waals surface area contributed by atoms with E-state index in [-0.39, 0.29) is 16.3 Å². The average Bonchev–Trinajstić information content (AvgIpc) is 3.05. The number of thiazole rings is 1. The van der Waals surface area contributed by atoms with E-state index in [0.29, 0.717) is 4.88 Å². The molecule has 0 aliphatic heterocycles. The van der Waals surface area contributed by atoms with Gasteiger partial charge in [-0.3, -0.25) is 4.79 Å².